The van der Waals surface area contributed by atoms with E-state index in [1.54, 1.807) is 0 Å². The van der Waals surface area contributed by atoms with Gasteiger partial charge in [-0.25, -0.2) is 0 Å². The molecule has 1 amide bonds. The summed E-state index contributed by atoms with van der Waals surface area (Å²) in [6.45, 7) is 2.97. The first kappa shape index (κ1) is 13.6. The third-order valence-corrected chi connectivity index (χ3v) is 3.05. The van der Waals surface area contributed by atoms with Crippen LogP contribution in [0.3, 0.4) is 0 Å². The number of hydrogen-bond acceptors (Lipinski definition) is 3. The second-order valence-corrected chi connectivity index (χ2v) is 4.53. The molecule has 1 aliphatic rings. The standard InChI is InChI=1S/C15H18N2O2/c1-11-6-7-13(10-12(11)4-2-8-16)17-15(18)14-5-3-9-19-14/h6-7,10,14H,3,5,8-9,16H2,1H3,(H,17,18). The molecule has 0 aromatic heterocycles. The molecule has 0 aliphatic carbocycles. The van der Waals surface area contributed by atoms with Gasteiger partial charge in [-0.1, -0.05) is 17.9 Å². The van der Waals surface area contributed by atoms with E-state index in [0.717, 1.165) is 29.7 Å². The maximum absolute atomic E-state index is 11.9. The number of rotatable bonds is 2. The van der Waals surface area contributed by atoms with Crippen molar-refractivity contribution >= 4 is 11.6 Å². The van der Waals surface area contributed by atoms with Crippen molar-refractivity contribution in [3.63, 3.8) is 0 Å². The lowest BCUT2D eigenvalue weighted by molar-refractivity contribution is -0.124. The van der Waals surface area contributed by atoms with Crippen LogP contribution < -0.4 is 11.1 Å². The molecule has 2 rings (SSSR count). The Hall–Kier alpha value is -1.83. The molecule has 1 atom stereocenters. The lowest BCUT2D eigenvalue weighted by Gasteiger charge is -2.11. The van der Waals surface area contributed by atoms with Gasteiger partial charge in [0.25, 0.3) is 5.91 Å². The van der Waals surface area contributed by atoms with Gasteiger partial charge in [0.2, 0.25) is 0 Å². The minimum absolute atomic E-state index is 0.0842. The molecule has 1 aromatic carbocycles. The van der Waals surface area contributed by atoms with Crippen LogP contribution in [0.15, 0.2) is 18.2 Å². The van der Waals surface area contributed by atoms with Crippen LogP contribution >= 0.6 is 0 Å². The van der Waals surface area contributed by atoms with E-state index in [4.69, 9.17) is 10.5 Å². The Balaban J connectivity index is 2.10. The van der Waals surface area contributed by atoms with Crippen LogP contribution in [-0.4, -0.2) is 25.2 Å². The predicted molar refractivity (Wildman–Crippen MR) is 74.7 cm³/mol. The lowest BCUT2D eigenvalue weighted by atomic mass is 10.1. The molecule has 1 saturated heterocycles. The summed E-state index contributed by atoms with van der Waals surface area (Å²) in [5.41, 5.74) is 8.06. The van der Waals surface area contributed by atoms with Crippen LogP contribution in [-0.2, 0) is 9.53 Å². The first-order chi connectivity index (χ1) is 9.20. The Morgan fingerprint density at radius 1 is 1.58 bits per heavy atom. The van der Waals surface area contributed by atoms with Crippen molar-refractivity contribution in [3.05, 3.63) is 29.3 Å². The van der Waals surface area contributed by atoms with E-state index in [0.29, 0.717) is 13.2 Å². The number of carbonyl (C=O) groups is 1. The summed E-state index contributed by atoms with van der Waals surface area (Å²) in [6.07, 6.45) is 1.41. The number of benzene rings is 1. The molecule has 0 spiro atoms. The highest BCUT2D eigenvalue weighted by molar-refractivity contribution is 5.94. The molecule has 1 aromatic rings. The number of anilines is 1. The van der Waals surface area contributed by atoms with Crippen molar-refractivity contribution in [3.8, 4) is 11.8 Å². The molecule has 1 aliphatic heterocycles. The van der Waals surface area contributed by atoms with Gasteiger partial charge in [0.1, 0.15) is 6.10 Å². The van der Waals surface area contributed by atoms with Crippen LogP contribution in [0.1, 0.15) is 24.0 Å². The second-order valence-electron chi connectivity index (χ2n) is 4.53. The number of amides is 1. The Morgan fingerprint density at radius 2 is 2.42 bits per heavy atom. The molecule has 1 heterocycles. The van der Waals surface area contributed by atoms with Crippen molar-refractivity contribution in [2.75, 3.05) is 18.5 Å². The fourth-order valence-corrected chi connectivity index (χ4v) is 1.99. The molecular weight excluding hydrogens is 240 g/mol. The van der Waals surface area contributed by atoms with Gasteiger partial charge < -0.3 is 15.8 Å². The van der Waals surface area contributed by atoms with E-state index in [9.17, 15) is 4.79 Å². The molecule has 100 valence electrons. The van der Waals surface area contributed by atoms with E-state index in [-0.39, 0.29) is 12.0 Å². The molecule has 1 fully saturated rings. The van der Waals surface area contributed by atoms with Gasteiger partial charge in [0.05, 0.1) is 6.54 Å². The first-order valence-corrected chi connectivity index (χ1v) is 6.43. The number of nitrogens with two attached hydrogens (primary N) is 1. The average Bonchev–Trinajstić information content (AvgIpc) is 2.93. The molecule has 4 nitrogen and oxygen atoms in total. The van der Waals surface area contributed by atoms with Crippen LogP contribution in [0.4, 0.5) is 5.69 Å². The van der Waals surface area contributed by atoms with Crippen molar-refractivity contribution < 1.29 is 9.53 Å². The predicted octanol–water partition coefficient (Wildman–Crippen LogP) is 1.42. The van der Waals surface area contributed by atoms with Crippen LogP contribution in [0, 0.1) is 18.8 Å². The van der Waals surface area contributed by atoms with Gasteiger partial charge in [0.15, 0.2) is 0 Å². The molecule has 1 unspecified atom stereocenters. The quantitative estimate of drug-likeness (QED) is 0.789. The monoisotopic (exact) mass is 258 g/mol. The number of hydrogen-bond donors (Lipinski definition) is 2. The van der Waals surface area contributed by atoms with E-state index >= 15 is 0 Å². The minimum Gasteiger partial charge on any atom is -0.368 e. The van der Waals surface area contributed by atoms with Crippen LogP contribution in [0.25, 0.3) is 0 Å². The van der Waals surface area contributed by atoms with Gasteiger partial charge in [0, 0.05) is 17.9 Å². The summed E-state index contributed by atoms with van der Waals surface area (Å²) in [5.74, 6) is 5.74. The van der Waals surface area contributed by atoms with Crippen molar-refractivity contribution in [2.45, 2.75) is 25.9 Å². The lowest BCUT2D eigenvalue weighted by Crippen LogP contribution is -2.26. The Bertz CT molecular complexity index is 523. The highest BCUT2D eigenvalue weighted by Gasteiger charge is 2.23. The van der Waals surface area contributed by atoms with E-state index in [1.807, 2.05) is 25.1 Å². The molecule has 3 N–H and O–H groups in total. The normalized spacial score (nSPS) is 17.7. The van der Waals surface area contributed by atoms with Gasteiger partial charge >= 0.3 is 0 Å². The molecule has 0 saturated carbocycles. The average molecular weight is 258 g/mol. The molecule has 0 bridgehead atoms. The van der Waals surface area contributed by atoms with Gasteiger partial charge in [-0.05, 0) is 37.5 Å². The number of ether oxygens (including phenoxy) is 1. The zero-order chi connectivity index (χ0) is 13.7. The highest BCUT2D eigenvalue weighted by atomic mass is 16.5. The Kier molecular flexibility index (Phi) is 4.56. The summed E-state index contributed by atoms with van der Waals surface area (Å²) in [7, 11) is 0. The summed E-state index contributed by atoms with van der Waals surface area (Å²) in [4.78, 5) is 11.9. The van der Waals surface area contributed by atoms with Crippen molar-refractivity contribution in [1.29, 1.82) is 0 Å². The Labute approximate surface area is 113 Å². The van der Waals surface area contributed by atoms with E-state index in [2.05, 4.69) is 17.2 Å². The fourth-order valence-electron chi connectivity index (χ4n) is 1.99. The summed E-state index contributed by atoms with van der Waals surface area (Å²) in [5, 5.41) is 2.86. The van der Waals surface area contributed by atoms with Crippen molar-refractivity contribution in [1.82, 2.24) is 0 Å². The third-order valence-electron chi connectivity index (χ3n) is 3.05. The van der Waals surface area contributed by atoms with E-state index < -0.39 is 0 Å². The molecule has 4 heteroatoms. The van der Waals surface area contributed by atoms with Gasteiger partial charge in [-0.3, -0.25) is 4.79 Å². The van der Waals surface area contributed by atoms with Crippen LogP contribution in [0.5, 0.6) is 0 Å². The topological polar surface area (TPSA) is 64.3 Å². The number of aryl methyl sites for hydroxylation is 1. The van der Waals surface area contributed by atoms with Crippen LogP contribution in [0.2, 0.25) is 0 Å². The van der Waals surface area contributed by atoms with Crippen molar-refractivity contribution in [2.24, 2.45) is 5.73 Å². The highest BCUT2D eigenvalue weighted by Crippen LogP contribution is 2.17. The van der Waals surface area contributed by atoms with Gasteiger partial charge in [-0.2, -0.15) is 0 Å². The Morgan fingerprint density at radius 3 is 3.11 bits per heavy atom. The molecular formula is C15H18N2O2. The third kappa shape index (κ3) is 3.57. The maximum Gasteiger partial charge on any atom is 0.253 e. The van der Waals surface area contributed by atoms with Gasteiger partial charge in [-0.15, -0.1) is 0 Å². The fraction of sp³-hybridized carbons (Fsp3) is 0.400. The number of nitrogens with one attached hydrogen (secondary N) is 1. The molecule has 19 heavy (non-hydrogen) atoms. The first-order valence-electron chi connectivity index (χ1n) is 6.43. The maximum atomic E-state index is 11.9. The number of carbonyl (C=O) groups excluding carboxylic acids is 1. The van der Waals surface area contributed by atoms with E-state index in [1.165, 1.54) is 0 Å². The minimum atomic E-state index is -0.320. The molecule has 0 radical (unpaired) electrons. The zero-order valence-corrected chi connectivity index (χ0v) is 11.0. The smallest absolute Gasteiger partial charge is 0.253 e. The summed E-state index contributed by atoms with van der Waals surface area (Å²) >= 11 is 0. The zero-order valence-electron chi connectivity index (χ0n) is 11.0. The summed E-state index contributed by atoms with van der Waals surface area (Å²) < 4.78 is 5.35. The SMILES string of the molecule is Cc1ccc(NC(=O)C2CCCO2)cc1C#CCN. The summed E-state index contributed by atoms with van der Waals surface area (Å²) in [6, 6.07) is 5.67. The second kappa shape index (κ2) is 6.37. The largest absolute Gasteiger partial charge is 0.368 e.